The molecular weight excluding hydrogens is 528 g/mol. The lowest BCUT2D eigenvalue weighted by atomic mass is 10.3. The standard InChI is InChI=1S/C16H16N8O10S2/c25-17-19-9-21(35(31,32)15-5-1-3-13(7-15)23(27)28)10-20(18-26)12-22(11-19)36(33,34)16-6-2-4-14(8-16)24(29)30/h1-8H,9-12H2. The van der Waals surface area contributed by atoms with Crippen molar-refractivity contribution in [2.45, 2.75) is 9.79 Å². The van der Waals surface area contributed by atoms with E-state index in [1.807, 2.05) is 0 Å². The zero-order valence-electron chi connectivity index (χ0n) is 17.9. The highest BCUT2D eigenvalue weighted by Gasteiger charge is 2.37. The largest absolute Gasteiger partial charge is 0.270 e. The first-order valence-corrected chi connectivity index (χ1v) is 12.4. The SMILES string of the molecule is O=NN1CN(S(=O)(=O)c2cccc([N+](=O)[O-])c2)CN(N=O)CN(S(=O)(=O)c2cccc([N+](=O)[O-])c2)C1. The average molecular weight is 544 g/mol. The van der Waals surface area contributed by atoms with Crippen molar-refractivity contribution < 1.29 is 26.7 Å². The van der Waals surface area contributed by atoms with Crippen molar-refractivity contribution in [3.8, 4) is 0 Å². The summed E-state index contributed by atoms with van der Waals surface area (Å²) >= 11 is 0. The van der Waals surface area contributed by atoms with Gasteiger partial charge >= 0.3 is 0 Å². The van der Waals surface area contributed by atoms with Crippen molar-refractivity contribution in [2.75, 3.05) is 26.7 Å². The molecule has 1 fully saturated rings. The van der Waals surface area contributed by atoms with E-state index in [9.17, 15) is 46.9 Å². The fraction of sp³-hybridized carbons (Fsp3) is 0.250. The first-order valence-electron chi connectivity index (χ1n) is 9.56. The summed E-state index contributed by atoms with van der Waals surface area (Å²) in [6.45, 7) is -3.44. The third-order valence-electron chi connectivity index (χ3n) is 4.85. The summed E-state index contributed by atoms with van der Waals surface area (Å²) in [6, 6.07) is 8.00. The van der Waals surface area contributed by atoms with Gasteiger partial charge in [0.25, 0.3) is 11.4 Å². The molecule has 1 aliphatic heterocycles. The van der Waals surface area contributed by atoms with E-state index in [0.29, 0.717) is 18.6 Å². The van der Waals surface area contributed by atoms with E-state index in [0.717, 1.165) is 48.5 Å². The van der Waals surface area contributed by atoms with Crippen molar-refractivity contribution in [1.29, 1.82) is 0 Å². The predicted molar refractivity (Wildman–Crippen MR) is 119 cm³/mol. The number of hydrogen-bond donors (Lipinski definition) is 0. The van der Waals surface area contributed by atoms with Crippen LogP contribution in [0, 0.1) is 30.0 Å². The van der Waals surface area contributed by atoms with Gasteiger partial charge in [0.15, 0.2) is 0 Å². The van der Waals surface area contributed by atoms with Crippen LogP contribution >= 0.6 is 0 Å². The van der Waals surface area contributed by atoms with E-state index >= 15 is 0 Å². The van der Waals surface area contributed by atoms with Gasteiger partial charge in [-0.3, -0.25) is 20.2 Å². The Morgan fingerprint density at radius 1 is 0.667 bits per heavy atom. The molecule has 18 nitrogen and oxygen atoms in total. The van der Waals surface area contributed by atoms with Crippen LogP contribution < -0.4 is 0 Å². The minimum absolute atomic E-state index is 0.506. The summed E-state index contributed by atoms with van der Waals surface area (Å²) in [7, 11) is -9.12. The van der Waals surface area contributed by atoms with Gasteiger partial charge in [0.05, 0.1) is 30.2 Å². The monoisotopic (exact) mass is 544 g/mol. The molecule has 0 amide bonds. The van der Waals surface area contributed by atoms with Gasteiger partial charge in [-0.25, -0.2) is 26.9 Å². The molecule has 1 aliphatic rings. The lowest BCUT2D eigenvalue weighted by Crippen LogP contribution is -2.54. The number of nitroso groups, excluding NO2 is 2. The van der Waals surface area contributed by atoms with Gasteiger partial charge in [-0.1, -0.05) is 12.1 Å². The van der Waals surface area contributed by atoms with E-state index in [-0.39, 0.29) is 0 Å². The second-order valence-electron chi connectivity index (χ2n) is 7.16. The quantitative estimate of drug-likeness (QED) is 0.257. The normalized spacial score (nSPS) is 16.1. The fourth-order valence-corrected chi connectivity index (χ4v) is 5.91. The second kappa shape index (κ2) is 10.2. The molecule has 0 bridgehead atoms. The predicted octanol–water partition coefficient (Wildman–Crippen LogP) is 0.995. The van der Waals surface area contributed by atoms with Crippen LogP contribution in [0.2, 0.25) is 0 Å². The maximum absolute atomic E-state index is 13.1. The number of nitro benzene ring substituents is 2. The molecule has 2 aromatic carbocycles. The molecule has 1 heterocycles. The van der Waals surface area contributed by atoms with Crippen LogP contribution in [-0.4, -0.2) is 72.0 Å². The number of nitrogens with zero attached hydrogens (tertiary/aromatic N) is 8. The second-order valence-corrected chi connectivity index (χ2v) is 11.0. The fourth-order valence-electron chi connectivity index (χ4n) is 3.13. The molecule has 0 unspecified atom stereocenters. The highest BCUT2D eigenvalue weighted by molar-refractivity contribution is 7.89. The summed E-state index contributed by atoms with van der Waals surface area (Å²) in [5.41, 5.74) is -1.07. The first kappa shape index (κ1) is 26.5. The maximum Gasteiger partial charge on any atom is 0.270 e. The summed E-state index contributed by atoms with van der Waals surface area (Å²) in [6.07, 6.45) is 0. The number of sulfonamides is 2. The summed E-state index contributed by atoms with van der Waals surface area (Å²) in [5, 5.41) is 28.3. The lowest BCUT2D eigenvalue weighted by molar-refractivity contribution is -0.385. The van der Waals surface area contributed by atoms with E-state index in [1.165, 1.54) is 0 Å². The smallest absolute Gasteiger partial charge is 0.258 e. The minimum Gasteiger partial charge on any atom is -0.258 e. The molecule has 0 radical (unpaired) electrons. The Morgan fingerprint density at radius 2 is 1.00 bits per heavy atom. The zero-order valence-corrected chi connectivity index (χ0v) is 19.6. The number of rotatable bonds is 8. The molecule has 0 saturated carbocycles. The zero-order chi connectivity index (χ0) is 26.7. The van der Waals surface area contributed by atoms with Gasteiger partial charge in [0.1, 0.15) is 26.7 Å². The molecule has 0 aliphatic carbocycles. The highest BCUT2D eigenvalue weighted by atomic mass is 32.2. The Balaban J connectivity index is 1.97. The number of nitro groups is 2. The minimum atomic E-state index is -4.56. The van der Waals surface area contributed by atoms with Gasteiger partial charge in [-0.05, 0) is 12.1 Å². The Hall–Kier alpha value is -4.14. The molecule has 3 rings (SSSR count). The first-order chi connectivity index (χ1) is 16.9. The summed E-state index contributed by atoms with van der Waals surface area (Å²) < 4.78 is 53.6. The molecule has 0 spiro atoms. The summed E-state index contributed by atoms with van der Waals surface area (Å²) in [4.78, 5) is 42.2. The Labute approximate surface area is 202 Å². The molecular formula is C16H16N8O10S2. The van der Waals surface area contributed by atoms with Crippen molar-refractivity contribution in [3.05, 3.63) is 78.6 Å². The number of hydrogen-bond acceptors (Lipinski definition) is 12. The molecule has 36 heavy (non-hydrogen) atoms. The van der Waals surface area contributed by atoms with Crippen molar-refractivity contribution in [2.24, 2.45) is 10.6 Å². The van der Waals surface area contributed by atoms with Crippen molar-refractivity contribution in [3.63, 3.8) is 0 Å². The van der Waals surface area contributed by atoms with Gasteiger partial charge in [0.2, 0.25) is 20.0 Å². The Morgan fingerprint density at radius 3 is 1.28 bits per heavy atom. The Bertz CT molecular complexity index is 1300. The van der Waals surface area contributed by atoms with E-state index in [1.54, 1.807) is 0 Å². The third kappa shape index (κ3) is 5.40. The maximum atomic E-state index is 13.1. The molecule has 2 aromatic rings. The van der Waals surface area contributed by atoms with Crippen LogP contribution in [0.25, 0.3) is 0 Å². The van der Waals surface area contributed by atoms with Crippen molar-refractivity contribution in [1.82, 2.24) is 18.6 Å². The number of non-ortho nitro benzene ring substituents is 2. The van der Waals surface area contributed by atoms with Gasteiger partial charge < -0.3 is 0 Å². The third-order valence-corrected chi connectivity index (χ3v) is 8.37. The van der Waals surface area contributed by atoms with Crippen LogP contribution in [0.1, 0.15) is 0 Å². The van der Waals surface area contributed by atoms with Gasteiger partial charge in [-0.15, -0.1) is 9.81 Å². The molecule has 1 saturated heterocycles. The van der Waals surface area contributed by atoms with Crippen LogP contribution in [0.4, 0.5) is 11.4 Å². The number of benzene rings is 2. The van der Waals surface area contributed by atoms with E-state index < -0.39 is 77.7 Å². The molecule has 20 heteroatoms. The topological polar surface area (TPSA) is 226 Å². The van der Waals surface area contributed by atoms with Gasteiger partial charge in [0, 0.05) is 24.3 Å². The average Bonchev–Trinajstić information content (AvgIpc) is 2.84. The molecule has 192 valence electrons. The van der Waals surface area contributed by atoms with Gasteiger partial charge in [-0.2, -0.15) is 8.61 Å². The summed E-state index contributed by atoms with van der Waals surface area (Å²) in [5.74, 6) is 0. The van der Waals surface area contributed by atoms with Crippen LogP contribution in [0.5, 0.6) is 0 Å². The molecule has 0 N–H and O–H groups in total. The van der Waals surface area contributed by atoms with Crippen LogP contribution in [-0.2, 0) is 20.0 Å². The van der Waals surface area contributed by atoms with Crippen LogP contribution in [0.15, 0.2) is 68.9 Å². The van der Waals surface area contributed by atoms with Crippen LogP contribution in [0.3, 0.4) is 0 Å². The molecule has 0 atom stereocenters. The molecule has 0 aromatic heterocycles. The van der Waals surface area contributed by atoms with E-state index in [2.05, 4.69) is 10.6 Å². The van der Waals surface area contributed by atoms with Crippen molar-refractivity contribution >= 4 is 31.4 Å². The van der Waals surface area contributed by atoms with E-state index in [4.69, 9.17) is 0 Å². The Kier molecular flexibility index (Phi) is 7.52. The highest BCUT2D eigenvalue weighted by Crippen LogP contribution is 2.25. The lowest BCUT2D eigenvalue weighted by Gasteiger charge is -2.36.